The van der Waals surface area contributed by atoms with Crippen LogP contribution >= 0.6 is 11.3 Å². The number of hydrogen-bond acceptors (Lipinski definition) is 2. The van der Waals surface area contributed by atoms with E-state index >= 15 is 0 Å². The summed E-state index contributed by atoms with van der Waals surface area (Å²) < 4.78 is 138. The molecule has 1 nitrogen and oxygen atoms in total. The van der Waals surface area contributed by atoms with Crippen LogP contribution in [0.25, 0.3) is 75.5 Å². The van der Waals surface area contributed by atoms with Crippen molar-refractivity contribution in [1.82, 2.24) is 0 Å². The Balaban J connectivity index is 1.32. The van der Waals surface area contributed by atoms with Crippen LogP contribution in [0.4, 0.5) is 17.1 Å². The summed E-state index contributed by atoms with van der Waals surface area (Å²) in [5, 5.41) is 0.891. The quantitative estimate of drug-likeness (QED) is 0.158. The van der Waals surface area contributed by atoms with Gasteiger partial charge in [0.2, 0.25) is 0 Å². The van der Waals surface area contributed by atoms with Gasteiger partial charge in [-0.1, -0.05) is 163 Å². The highest BCUT2D eigenvalue weighted by Crippen LogP contribution is 2.45. The van der Waals surface area contributed by atoms with Gasteiger partial charge in [-0.25, -0.2) is 0 Å². The summed E-state index contributed by atoms with van der Waals surface area (Å²) in [5.74, 6) is 0. The molecule has 0 aliphatic rings. The first-order valence-corrected chi connectivity index (χ1v) is 18.0. The second-order valence-corrected chi connectivity index (χ2v) is 13.6. The molecule has 10 rings (SSSR count). The number of thiophene rings is 1. The first kappa shape index (κ1) is 19.9. The molecule has 1 heterocycles. The molecule has 2 heteroatoms. The Morgan fingerprint density at radius 3 is 1.81 bits per heavy atom. The third kappa shape index (κ3) is 5.74. The molecule has 0 N–H and O–H groups in total. The Labute approximate surface area is 340 Å². The van der Waals surface area contributed by atoms with E-state index in [0.29, 0.717) is 11.4 Å². The molecule has 10 aromatic rings. The molecule has 0 unspecified atom stereocenters. The monoisotopic (exact) mass is 720 g/mol. The van der Waals surface area contributed by atoms with Crippen LogP contribution in [-0.2, 0) is 0 Å². The predicted octanol–water partition coefficient (Wildman–Crippen LogP) is 15.3. The van der Waals surface area contributed by atoms with Crippen molar-refractivity contribution in [3.8, 4) is 44.5 Å². The third-order valence-corrected chi connectivity index (χ3v) is 10.5. The predicted molar refractivity (Wildman–Crippen MR) is 233 cm³/mol. The molecular weight excluding hydrogens is 671 g/mol. The van der Waals surface area contributed by atoms with Crippen LogP contribution in [-0.4, -0.2) is 0 Å². The normalized spacial score (nSPS) is 15.2. The van der Waals surface area contributed by atoms with Crippen molar-refractivity contribution in [3.63, 3.8) is 0 Å². The summed E-state index contributed by atoms with van der Waals surface area (Å²) in [6.45, 7) is 0. The van der Waals surface area contributed by atoms with Crippen molar-refractivity contribution in [1.29, 1.82) is 0 Å². The zero-order chi connectivity index (χ0) is 48.9. The van der Waals surface area contributed by atoms with Crippen molar-refractivity contribution in [2.24, 2.45) is 0 Å². The lowest BCUT2D eigenvalue weighted by Gasteiger charge is -2.27. The maximum absolute atomic E-state index is 9.87. The molecule has 0 saturated heterocycles. The van der Waals surface area contributed by atoms with Gasteiger partial charge >= 0.3 is 0 Å². The Hall–Kier alpha value is -6.74. The highest BCUT2D eigenvalue weighted by atomic mass is 32.1. The Morgan fingerprint density at radius 2 is 1.02 bits per heavy atom. The van der Waals surface area contributed by atoms with E-state index in [9.17, 15) is 8.22 Å². The van der Waals surface area contributed by atoms with Crippen LogP contribution in [0.3, 0.4) is 0 Å². The summed E-state index contributed by atoms with van der Waals surface area (Å²) in [5.41, 5.74) is 1.99. The molecule has 54 heavy (non-hydrogen) atoms. The minimum Gasteiger partial charge on any atom is -0.310 e. The Kier molecular flexibility index (Phi) is 5.04. The van der Waals surface area contributed by atoms with Gasteiger partial charge in [0.05, 0.1) is 20.6 Å². The maximum atomic E-state index is 9.87. The second kappa shape index (κ2) is 13.7. The van der Waals surface area contributed by atoms with Crippen molar-refractivity contribution in [3.05, 3.63) is 212 Å². The van der Waals surface area contributed by atoms with Gasteiger partial charge in [0, 0.05) is 37.2 Å². The largest absolute Gasteiger partial charge is 0.310 e. The smallest absolute Gasteiger partial charge is 0.0645 e. The molecule has 0 aliphatic carbocycles. The van der Waals surface area contributed by atoms with Gasteiger partial charge in [0.15, 0.2) is 0 Å². The van der Waals surface area contributed by atoms with E-state index in [4.69, 9.17) is 12.3 Å². The molecule has 0 spiro atoms. The van der Waals surface area contributed by atoms with Crippen LogP contribution in [0.5, 0.6) is 0 Å². The second-order valence-electron chi connectivity index (χ2n) is 12.5. The van der Waals surface area contributed by atoms with E-state index in [1.165, 1.54) is 0 Å². The van der Waals surface area contributed by atoms with Crippen LogP contribution in [0.15, 0.2) is 212 Å². The third-order valence-electron chi connectivity index (χ3n) is 9.38. The zero-order valence-electron chi connectivity index (χ0n) is 43.4. The van der Waals surface area contributed by atoms with Crippen molar-refractivity contribution < 1.29 is 20.6 Å². The van der Waals surface area contributed by atoms with Crippen molar-refractivity contribution in [2.75, 3.05) is 4.90 Å². The SMILES string of the molecule is [2H]c1c([2H])c([2H])c(-c2c(-c3c([2H])c([2H])c(N(c4ccc(-c5ccccc5)c(-c5ccccc5)c4)c4ccc5sc6ccccc6c5c4)c([2H])c3[2H])c([2H])c([2H])c3c([2H])c([2H])c([2H])c([2H])c23)c([2H])c1[2H]. The average molecular weight is 721 g/mol. The van der Waals surface area contributed by atoms with Gasteiger partial charge in [-0.3, -0.25) is 0 Å². The van der Waals surface area contributed by atoms with Crippen LogP contribution in [0.2, 0.25) is 0 Å². The molecule has 254 valence electrons. The number of hydrogen-bond donors (Lipinski definition) is 0. The van der Waals surface area contributed by atoms with Gasteiger partial charge in [-0.2, -0.15) is 0 Å². The van der Waals surface area contributed by atoms with Gasteiger partial charge in [-0.05, 0) is 104 Å². The molecule has 1 aromatic heterocycles. The van der Waals surface area contributed by atoms with Crippen molar-refractivity contribution in [2.45, 2.75) is 0 Å². The zero-order valence-corrected chi connectivity index (χ0v) is 29.2. The summed E-state index contributed by atoms with van der Waals surface area (Å²) in [7, 11) is 0. The lowest BCUT2D eigenvalue weighted by molar-refractivity contribution is 1.29. The Bertz CT molecular complexity index is 3740. The summed E-state index contributed by atoms with van der Waals surface area (Å²) in [4.78, 5) is 1.64. The molecule has 0 saturated carbocycles. The van der Waals surface area contributed by atoms with Crippen molar-refractivity contribution >= 4 is 59.3 Å². The molecule has 0 amide bonds. The molecule has 9 aromatic carbocycles. The van der Waals surface area contributed by atoms with Gasteiger partial charge in [0.1, 0.15) is 0 Å². The molecule has 0 aliphatic heterocycles. The van der Waals surface area contributed by atoms with Crippen LogP contribution < -0.4 is 4.90 Å². The number of fused-ring (bicyclic) bond motifs is 4. The number of anilines is 3. The fourth-order valence-corrected chi connectivity index (χ4v) is 8.01. The lowest BCUT2D eigenvalue weighted by atomic mass is 9.89. The summed E-state index contributed by atoms with van der Waals surface area (Å²) >= 11 is 1.60. The Morgan fingerprint density at radius 1 is 0.370 bits per heavy atom. The average Bonchev–Trinajstić information content (AvgIpc) is 3.74. The highest BCUT2D eigenvalue weighted by Gasteiger charge is 2.19. The first-order chi connectivity index (χ1) is 33.0. The fourth-order valence-electron chi connectivity index (χ4n) is 6.92. The molecule has 0 fully saturated rings. The van der Waals surface area contributed by atoms with Crippen LogP contribution in [0, 0.1) is 0 Å². The van der Waals surface area contributed by atoms with Gasteiger partial charge < -0.3 is 4.90 Å². The van der Waals surface area contributed by atoms with E-state index in [2.05, 4.69) is 0 Å². The van der Waals surface area contributed by atoms with E-state index in [-0.39, 0.29) is 5.69 Å². The van der Waals surface area contributed by atoms with Gasteiger partial charge in [0.25, 0.3) is 0 Å². The minimum atomic E-state index is -0.810. The number of benzene rings is 9. The summed E-state index contributed by atoms with van der Waals surface area (Å²) in [6.07, 6.45) is 0. The lowest BCUT2D eigenvalue weighted by Crippen LogP contribution is -2.10. The minimum absolute atomic E-state index is 0.191. The maximum Gasteiger partial charge on any atom is 0.0645 e. The molecular formula is C52H35NS. The standard InChI is InChI=1S/C52H35NS/c1-4-14-36(15-5-1)44-32-29-42(34-48(44)37-16-6-2-7-17-37)53(43-30-33-51-49(35-43)47-22-12-13-23-50(47)54-51)41-27-24-39(25-28-41)46-31-26-38-18-10-11-21-45(38)52(46)40-19-8-3-9-20-40/h1-35H/i3D,8D,9D,10D,11D,18D,19D,20D,21D,24D,25D,26D,27D,28D,31D. The number of rotatable bonds is 7. The molecule has 0 atom stereocenters. The van der Waals surface area contributed by atoms with E-state index in [1.54, 1.807) is 16.2 Å². The number of nitrogens with zero attached hydrogens (tertiary/aromatic N) is 1. The fraction of sp³-hybridized carbons (Fsp3) is 0. The molecule has 0 bridgehead atoms. The van der Waals surface area contributed by atoms with Crippen LogP contribution in [0.1, 0.15) is 20.6 Å². The summed E-state index contributed by atoms with van der Waals surface area (Å²) in [6, 6.07) is 27.6. The van der Waals surface area contributed by atoms with Gasteiger partial charge in [-0.15, -0.1) is 11.3 Å². The van der Waals surface area contributed by atoms with E-state index < -0.39 is 124 Å². The topological polar surface area (TPSA) is 3.24 Å². The van der Waals surface area contributed by atoms with E-state index in [0.717, 1.165) is 42.4 Å². The highest BCUT2D eigenvalue weighted by molar-refractivity contribution is 7.25. The molecule has 0 radical (unpaired) electrons. The first-order valence-electron chi connectivity index (χ1n) is 24.7. The van der Waals surface area contributed by atoms with E-state index in [1.807, 2.05) is 121 Å².